The zero-order valence-electron chi connectivity index (χ0n) is 12.5. The molecule has 1 aromatic heterocycles. The Morgan fingerprint density at radius 2 is 2.13 bits per heavy atom. The maximum Gasteiger partial charge on any atom is 0.250 e. The van der Waals surface area contributed by atoms with Crippen LogP contribution in [0.5, 0.6) is 0 Å². The lowest BCUT2D eigenvalue weighted by atomic mass is 10.1. The van der Waals surface area contributed by atoms with Gasteiger partial charge in [-0.2, -0.15) is 0 Å². The van der Waals surface area contributed by atoms with Crippen LogP contribution in [-0.4, -0.2) is 24.1 Å². The van der Waals surface area contributed by atoms with Crippen molar-refractivity contribution < 1.29 is 13.9 Å². The van der Waals surface area contributed by atoms with Gasteiger partial charge in [-0.15, -0.1) is 11.3 Å². The molecule has 4 nitrogen and oxygen atoms in total. The number of carbonyl (C=O) groups excluding carboxylic acids is 1. The van der Waals surface area contributed by atoms with Gasteiger partial charge < -0.3 is 10.1 Å². The maximum atomic E-state index is 13.7. The third-order valence-corrected chi connectivity index (χ3v) is 4.29. The number of nitrogens with one attached hydrogen (secondary N) is 1. The third kappa shape index (κ3) is 3.55. The lowest BCUT2D eigenvalue weighted by molar-refractivity contribution is -0.120. The topological polar surface area (TPSA) is 51.2 Å². The van der Waals surface area contributed by atoms with E-state index in [1.54, 1.807) is 6.07 Å². The minimum Gasteiger partial charge on any atom is -0.372 e. The number of anilines is 1. The first kappa shape index (κ1) is 15.6. The minimum absolute atomic E-state index is 0.0346. The Morgan fingerprint density at radius 1 is 1.30 bits per heavy atom. The summed E-state index contributed by atoms with van der Waals surface area (Å²) in [5.41, 5.74) is 1.94. The van der Waals surface area contributed by atoms with Crippen molar-refractivity contribution in [2.24, 2.45) is 0 Å². The molecule has 2 aromatic carbocycles. The molecular weight excluding hydrogens is 315 g/mol. The summed E-state index contributed by atoms with van der Waals surface area (Å²) in [6.45, 7) is 2.24. The number of hydrogen-bond acceptors (Lipinski definition) is 4. The highest BCUT2D eigenvalue weighted by Crippen LogP contribution is 2.34. The van der Waals surface area contributed by atoms with Crippen LogP contribution in [0.2, 0.25) is 0 Å². The Hall–Kier alpha value is -2.31. The van der Waals surface area contributed by atoms with E-state index in [9.17, 15) is 9.18 Å². The van der Waals surface area contributed by atoms with Gasteiger partial charge in [-0.1, -0.05) is 12.1 Å². The molecule has 0 aliphatic rings. The molecule has 1 amide bonds. The fraction of sp³-hybridized carbons (Fsp3) is 0.176. The quantitative estimate of drug-likeness (QED) is 0.767. The maximum absolute atomic E-state index is 13.7. The summed E-state index contributed by atoms with van der Waals surface area (Å²) in [5, 5.41) is 3.42. The second-order valence-electron chi connectivity index (χ2n) is 4.86. The first-order valence-corrected chi connectivity index (χ1v) is 8.02. The highest BCUT2D eigenvalue weighted by Gasteiger charge is 2.14. The number of nitrogens with zero attached hydrogens (tertiary/aromatic N) is 1. The Labute approximate surface area is 136 Å². The first-order valence-electron chi connectivity index (χ1n) is 7.20. The second kappa shape index (κ2) is 6.85. The van der Waals surface area contributed by atoms with E-state index in [1.807, 2.05) is 31.2 Å². The average Bonchev–Trinajstić information content (AvgIpc) is 2.98. The fourth-order valence-corrected chi connectivity index (χ4v) is 3.17. The molecule has 0 atom stereocenters. The smallest absolute Gasteiger partial charge is 0.250 e. The summed E-state index contributed by atoms with van der Waals surface area (Å²) in [7, 11) is 0. The van der Waals surface area contributed by atoms with Crippen LogP contribution in [0.3, 0.4) is 0 Å². The number of benzene rings is 2. The van der Waals surface area contributed by atoms with E-state index in [1.165, 1.54) is 23.5 Å². The molecule has 3 aromatic rings. The summed E-state index contributed by atoms with van der Waals surface area (Å²) < 4.78 is 19.8. The van der Waals surface area contributed by atoms with E-state index < -0.39 is 0 Å². The zero-order valence-corrected chi connectivity index (χ0v) is 13.3. The molecule has 0 spiro atoms. The number of aromatic nitrogens is 1. The van der Waals surface area contributed by atoms with Gasteiger partial charge in [0.25, 0.3) is 0 Å². The van der Waals surface area contributed by atoms with Crippen LogP contribution in [0.1, 0.15) is 6.92 Å². The van der Waals surface area contributed by atoms with Gasteiger partial charge in [0, 0.05) is 12.2 Å². The van der Waals surface area contributed by atoms with Gasteiger partial charge in [-0.3, -0.25) is 4.79 Å². The largest absolute Gasteiger partial charge is 0.372 e. The van der Waals surface area contributed by atoms with Crippen molar-refractivity contribution in [1.29, 1.82) is 0 Å². The normalized spacial score (nSPS) is 10.9. The number of halogens is 1. The van der Waals surface area contributed by atoms with Crippen molar-refractivity contribution in [3.63, 3.8) is 0 Å². The van der Waals surface area contributed by atoms with Crippen molar-refractivity contribution >= 4 is 33.1 Å². The Kier molecular flexibility index (Phi) is 4.64. The molecule has 0 aliphatic heterocycles. The predicted octanol–water partition coefficient (Wildman–Crippen LogP) is 4.08. The van der Waals surface area contributed by atoms with Crippen LogP contribution in [0.25, 0.3) is 20.8 Å². The molecule has 0 radical (unpaired) electrons. The van der Waals surface area contributed by atoms with E-state index in [2.05, 4.69) is 10.3 Å². The van der Waals surface area contributed by atoms with Crippen molar-refractivity contribution in [2.45, 2.75) is 6.92 Å². The van der Waals surface area contributed by atoms with Crippen LogP contribution in [0.4, 0.5) is 10.1 Å². The fourth-order valence-electron chi connectivity index (χ4n) is 2.17. The molecule has 0 bridgehead atoms. The monoisotopic (exact) mass is 330 g/mol. The molecule has 23 heavy (non-hydrogen) atoms. The average molecular weight is 330 g/mol. The molecule has 0 saturated heterocycles. The Balaban J connectivity index is 1.97. The summed E-state index contributed by atoms with van der Waals surface area (Å²) in [6.07, 6.45) is 0. The highest BCUT2D eigenvalue weighted by molar-refractivity contribution is 7.21. The van der Waals surface area contributed by atoms with Crippen molar-refractivity contribution in [3.8, 4) is 10.6 Å². The lowest BCUT2D eigenvalue weighted by Gasteiger charge is -2.09. The molecule has 1 heterocycles. The molecule has 0 unspecified atom stereocenters. The summed E-state index contributed by atoms with van der Waals surface area (Å²) in [4.78, 5) is 16.4. The number of thiazole rings is 1. The number of ether oxygens (including phenoxy) is 1. The number of hydrogen-bond donors (Lipinski definition) is 1. The minimum atomic E-state index is -0.373. The van der Waals surface area contributed by atoms with Crippen molar-refractivity contribution in [1.82, 2.24) is 4.98 Å². The van der Waals surface area contributed by atoms with E-state index in [4.69, 9.17) is 4.74 Å². The van der Waals surface area contributed by atoms with Gasteiger partial charge >= 0.3 is 0 Å². The number of fused-ring (bicyclic) bond motifs is 1. The van der Waals surface area contributed by atoms with Crippen LogP contribution < -0.4 is 5.32 Å². The highest BCUT2D eigenvalue weighted by atomic mass is 32.1. The lowest BCUT2D eigenvalue weighted by Crippen LogP contribution is -2.18. The predicted molar refractivity (Wildman–Crippen MR) is 90.1 cm³/mol. The van der Waals surface area contributed by atoms with Crippen LogP contribution in [-0.2, 0) is 9.53 Å². The van der Waals surface area contributed by atoms with Crippen molar-refractivity contribution in [3.05, 3.63) is 48.3 Å². The molecule has 0 fully saturated rings. The van der Waals surface area contributed by atoms with Gasteiger partial charge in [-0.25, -0.2) is 9.37 Å². The number of para-hydroxylation sites is 1. The van der Waals surface area contributed by atoms with E-state index in [-0.39, 0.29) is 18.3 Å². The molecule has 1 N–H and O–H groups in total. The zero-order chi connectivity index (χ0) is 16.2. The molecule has 6 heteroatoms. The molecule has 3 rings (SSSR count). The van der Waals surface area contributed by atoms with Gasteiger partial charge in [0.05, 0.1) is 15.9 Å². The van der Waals surface area contributed by atoms with Crippen LogP contribution >= 0.6 is 11.3 Å². The van der Waals surface area contributed by atoms with Gasteiger partial charge in [0.15, 0.2) is 0 Å². The van der Waals surface area contributed by atoms with Crippen molar-refractivity contribution in [2.75, 3.05) is 18.5 Å². The van der Waals surface area contributed by atoms with E-state index in [0.717, 1.165) is 10.2 Å². The second-order valence-corrected chi connectivity index (χ2v) is 5.89. The Bertz CT molecular complexity index is 814. The molecule has 0 saturated carbocycles. The van der Waals surface area contributed by atoms with Gasteiger partial charge in [-0.05, 0) is 37.3 Å². The molecule has 118 valence electrons. The van der Waals surface area contributed by atoms with E-state index in [0.29, 0.717) is 22.9 Å². The third-order valence-electron chi connectivity index (χ3n) is 3.22. The summed E-state index contributed by atoms with van der Waals surface area (Å²) in [5.74, 6) is -0.650. The summed E-state index contributed by atoms with van der Waals surface area (Å²) >= 11 is 1.46. The van der Waals surface area contributed by atoms with E-state index >= 15 is 0 Å². The summed E-state index contributed by atoms with van der Waals surface area (Å²) in [6, 6.07) is 11.9. The van der Waals surface area contributed by atoms with Gasteiger partial charge in [0.1, 0.15) is 17.4 Å². The molecule has 0 aliphatic carbocycles. The molecular formula is C17H15FN2O2S. The Morgan fingerprint density at radius 3 is 2.91 bits per heavy atom. The number of rotatable bonds is 5. The van der Waals surface area contributed by atoms with Gasteiger partial charge in [0.2, 0.25) is 5.91 Å². The number of carbonyl (C=O) groups is 1. The number of amides is 1. The standard InChI is InChI=1S/C17H15FN2O2S/c1-2-22-10-16(21)19-13-8-7-11(18)9-12(13)17-20-14-5-3-4-6-15(14)23-17/h3-9H,2,10H2,1H3,(H,19,21). The van der Waals surface area contributed by atoms with Crippen LogP contribution in [0, 0.1) is 5.82 Å². The first-order chi connectivity index (χ1) is 11.2. The van der Waals surface area contributed by atoms with Crippen LogP contribution in [0.15, 0.2) is 42.5 Å². The SMILES string of the molecule is CCOCC(=O)Nc1ccc(F)cc1-c1nc2ccccc2s1.